The van der Waals surface area contributed by atoms with Crippen LogP contribution in [0.5, 0.6) is 0 Å². The maximum absolute atomic E-state index is 2.36. The normalized spacial score (nSPS) is 10.6. The molecule has 2 heteroatoms. The van der Waals surface area contributed by atoms with E-state index < -0.39 is 0 Å². The fourth-order valence-electron chi connectivity index (χ4n) is 2.31. The number of hydrogen-bond donors (Lipinski definition) is 0. The Balaban J connectivity index is 0.00000127. The molecule has 0 saturated heterocycles. The molecule has 0 heterocycles. The summed E-state index contributed by atoms with van der Waals surface area (Å²) in [4.78, 5) is 4.58. The van der Waals surface area contributed by atoms with Crippen molar-refractivity contribution in [1.82, 2.24) is 9.80 Å². The Kier molecular flexibility index (Phi) is 8.60. The lowest BCUT2D eigenvalue weighted by atomic mass is 10.0. The predicted molar refractivity (Wildman–Crippen MR) is 103 cm³/mol. The summed E-state index contributed by atoms with van der Waals surface area (Å²) in [6.45, 7) is 9.31. The third kappa shape index (κ3) is 6.98. The molecule has 2 nitrogen and oxygen atoms in total. The smallest absolute Gasteiger partial charge is 0.0231 e. The van der Waals surface area contributed by atoms with Gasteiger partial charge in [0.25, 0.3) is 0 Å². The van der Waals surface area contributed by atoms with Gasteiger partial charge in [-0.3, -0.25) is 0 Å². The second-order valence-corrected chi connectivity index (χ2v) is 6.10. The summed E-state index contributed by atoms with van der Waals surface area (Å²) in [6.07, 6.45) is 0. The predicted octanol–water partition coefficient (Wildman–Crippen LogP) is 4.68. The molecule has 0 atom stereocenters. The van der Waals surface area contributed by atoms with Crippen molar-refractivity contribution in [2.75, 3.05) is 34.2 Å². The molecule has 0 amide bonds. The summed E-state index contributed by atoms with van der Waals surface area (Å²) in [5, 5.41) is 0. The minimum atomic E-state index is 1.00. The second-order valence-electron chi connectivity index (χ2n) is 6.10. The standard InChI is InChI=1S/C19H26N2.C2H6/c1-16-5-9-18(10-6-16)19-11-7-17(8-12-19)15-21(4)14-13-20(2)3;1-2/h5-12H,13-15H2,1-4H3;1-2H3. The van der Waals surface area contributed by atoms with Gasteiger partial charge in [-0.05, 0) is 44.8 Å². The van der Waals surface area contributed by atoms with E-state index in [2.05, 4.69) is 86.4 Å². The minimum absolute atomic E-state index is 1.00. The average molecular weight is 313 g/mol. The van der Waals surface area contributed by atoms with Gasteiger partial charge >= 0.3 is 0 Å². The van der Waals surface area contributed by atoms with E-state index in [1.54, 1.807) is 0 Å². The molecular weight excluding hydrogens is 280 g/mol. The van der Waals surface area contributed by atoms with Gasteiger partial charge in [-0.25, -0.2) is 0 Å². The summed E-state index contributed by atoms with van der Waals surface area (Å²) in [5.41, 5.74) is 5.24. The molecule has 0 radical (unpaired) electrons. The molecule has 0 aromatic heterocycles. The number of likely N-dealkylation sites (N-methyl/N-ethyl adjacent to an activating group) is 2. The molecule has 0 aliphatic carbocycles. The Hall–Kier alpha value is -1.64. The average Bonchev–Trinajstić information content (AvgIpc) is 2.56. The van der Waals surface area contributed by atoms with Gasteiger partial charge < -0.3 is 9.80 Å². The first-order valence-corrected chi connectivity index (χ1v) is 8.54. The molecule has 0 N–H and O–H groups in total. The largest absolute Gasteiger partial charge is 0.308 e. The molecule has 2 rings (SSSR count). The van der Waals surface area contributed by atoms with Gasteiger partial charge in [0.15, 0.2) is 0 Å². The van der Waals surface area contributed by atoms with Crippen molar-refractivity contribution in [2.24, 2.45) is 0 Å². The van der Waals surface area contributed by atoms with Crippen LogP contribution in [0.2, 0.25) is 0 Å². The Morgan fingerprint density at radius 3 is 1.65 bits per heavy atom. The van der Waals surface area contributed by atoms with Crippen molar-refractivity contribution >= 4 is 0 Å². The van der Waals surface area contributed by atoms with Crippen molar-refractivity contribution in [3.05, 3.63) is 59.7 Å². The molecule has 23 heavy (non-hydrogen) atoms. The first-order valence-electron chi connectivity index (χ1n) is 8.54. The Bertz CT molecular complexity index is 541. The van der Waals surface area contributed by atoms with Crippen LogP contribution >= 0.6 is 0 Å². The van der Waals surface area contributed by atoms with Crippen LogP contribution in [0.3, 0.4) is 0 Å². The zero-order valence-electron chi connectivity index (χ0n) is 15.6. The fraction of sp³-hybridized carbons (Fsp3) is 0.429. The topological polar surface area (TPSA) is 6.48 Å². The first kappa shape index (κ1) is 19.4. The van der Waals surface area contributed by atoms with E-state index in [0.29, 0.717) is 0 Å². The lowest BCUT2D eigenvalue weighted by Crippen LogP contribution is -2.28. The molecule has 0 aliphatic heterocycles. The van der Waals surface area contributed by atoms with Crippen LogP contribution in [0.1, 0.15) is 25.0 Å². The van der Waals surface area contributed by atoms with Gasteiger partial charge in [-0.1, -0.05) is 67.9 Å². The van der Waals surface area contributed by atoms with E-state index in [0.717, 1.165) is 19.6 Å². The van der Waals surface area contributed by atoms with E-state index in [-0.39, 0.29) is 0 Å². The van der Waals surface area contributed by atoms with Crippen LogP contribution in [-0.2, 0) is 6.54 Å². The van der Waals surface area contributed by atoms with Crippen molar-refractivity contribution in [2.45, 2.75) is 27.3 Å². The molecule has 0 bridgehead atoms. The first-order chi connectivity index (χ1) is 11.0. The lowest BCUT2D eigenvalue weighted by molar-refractivity contribution is 0.276. The summed E-state index contributed by atoms with van der Waals surface area (Å²) >= 11 is 0. The fourth-order valence-corrected chi connectivity index (χ4v) is 2.31. The van der Waals surface area contributed by atoms with Gasteiger partial charge in [0.2, 0.25) is 0 Å². The number of nitrogens with zero attached hydrogens (tertiary/aromatic N) is 2. The Morgan fingerprint density at radius 1 is 0.696 bits per heavy atom. The van der Waals surface area contributed by atoms with Crippen LogP contribution in [-0.4, -0.2) is 44.0 Å². The molecule has 2 aromatic rings. The zero-order valence-corrected chi connectivity index (χ0v) is 15.6. The van der Waals surface area contributed by atoms with E-state index >= 15 is 0 Å². The quantitative estimate of drug-likeness (QED) is 0.764. The third-order valence-electron chi connectivity index (χ3n) is 3.72. The minimum Gasteiger partial charge on any atom is -0.308 e. The highest BCUT2D eigenvalue weighted by molar-refractivity contribution is 5.63. The zero-order chi connectivity index (χ0) is 17.2. The lowest BCUT2D eigenvalue weighted by Gasteiger charge is -2.19. The highest BCUT2D eigenvalue weighted by atomic mass is 15.1. The number of hydrogen-bond acceptors (Lipinski definition) is 2. The van der Waals surface area contributed by atoms with E-state index in [1.165, 1.54) is 22.3 Å². The molecule has 0 unspecified atom stereocenters. The van der Waals surface area contributed by atoms with Crippen LogP contribution in [0.25, 0.3) is 11.1 Å². The van der Waals surface area contributed by atoms with E-state index in [4.69, 9.17) is 0 Å². The maximum Gasteiger partial charge on any atom is 0.0231 e. The molecule has 0 fully saturated rings. The SMILES string of the molecule is CC.Cc1ccc(-c2ccc(CN(C)CCN(C)C)cc2)cc1. The highest BCUT2D eigenvalue weighted by Gasteiger charge is 2.02. The molecule has 2 aromatic carbocycles. The van der Waals surface area contributed by atoms with E-state index in [1.807, 2.05) is 13.8 Å². The molecule has 0 saturated carbocycles. The van der Waals surface area contributed by atoms with Gasteiger partial charge in [-0.2, -0.15) is 0 Å². The van der Waals surface area contributed by atoms with E-state index in [9.17, 15) is 0 Å². The second kappa shape index (κ2) is 10.2. The van der Waals surface area contributed by atoms with Gasteiger partial charge in [0.05, 0.1) is 0 Å². The van der Waals surface area contributed by atoms with Crippen LogP contribution in [0.4, 0.5) is 0 Å². The third-order valence-corrected chi connectivity index (χ3v) is 3.72. The molecule has 0 spiro atoms. The summed E-state index contributed by atoms with van der Waals surface area (Å²) in [5.74, 6) is 0. The van der Waals surface area contributed by atoms with Crippen LogP contribution in [0, 0.1) is 6.92 Å². The van der Waals surface area contributed by atoms with Gasteiger partial charge in [0.1, 0.15) is 0 Å². The van der Waals surface area contributed by atoms with Crippen LogP contribution in [0.15, 0.2) is 48.5 Å². The molecule has 126 valence electrons. The summed E-state index contributed by atoms with van der Waals surface area (Å²) in [7, 11) is 6.41. The monoisotopic (exact) mass is 312 g/mol. The molecular formula is C21H32N2. The van der Waals surface area contributed by atoms with Crippen LogP contribution < -0.4 is 0 Å². The van der Waals surface area contributed by atoms with Crippen molar-refractivity contribution in [3.8, 4) is 11.1 Å². The van der Waals surface area contributed by atoms with Gasteiger partial charge in [0, 0.05) is 19.6 Å². The van der Waals surface area contributed by atoms with Crippen molar-refractivity contribution in [3.63, 3.8) is 0 Å². The highest BCUT2D eigenvalue weighted by Crippen LogP contribution is 2.20. The Morgan fingerprint density at radius 2 is 1.17 bits per heavy atom. The number of rotatable bonds is 6. The Labute approximate surface area is 142 Å². The van der Waals surface area contributed by atoms with Crippen molar-refractivity contribution in [1.29, 1.82) is 0 Å². The summed E-state index contributed by atoms with van der Waals surface area (Å²) in [6, 6.07) is 17.6. The molecule has 0 aliphatic rings. The van der Waals surface area contributed by atoms with Crippen molar-refractivity contribution < 1.29 is 0 Å². The maximum atomic E-state index is 2.36. The number of benzene rings is 2. The summed E-state index contributed by atoms with van der Waals surface area (Å²) < 4.78 is 0. The van der Waals surface area contributed by atoms with Gasteiger partial charge in [-0.15, -0.1) is 0 Å². The number of aryl methyl sites for hydroxylation is 1.